The molecule has 0 aromatic heterocycles. The Morgan fingerprint density at radius 2 is 1.71 bits per heavy atom. The number of nitro benzene ring substituents is 1. The first kappa shape index (κ1) is 20.7. The number of nitro groups is 1. The molecule has 0 saturated carbocycles. The average molecular weight is 398 g/mol. The van der Waals surface area contributed by atoms with Gasteiger partial charge in [-0.05, 0) is 37.3 Å². The van der Waals surface area contributed by atoms with Crippen LogP contribution in [-0.4, -0.2) is 29.3 Å². The van der Waals surface area contributed by atoms with E-state index in [1.54, 1.807) is 0 Å². The molecule has 148 valence electrons. The summed E-state index contributed by atoms with van der Waals surface area (Å²) in [6, 6.07) is 9.31. The fourth-order valence-corrected chi connectivity index (χ4v) is 2.05. The number of rotatable bonds is 6. The molecule has 0 aliphatic heterocycles. The van der Waals surface area contributed by atoms with Crippen molar-refractivity contribution in [3.05, 3.63) is 64.2 Å². The van der Waals surface area contributed by atoms with Gasteiger partial charge in [0.1, 0.15) is 11.4 Å². The Labute approximate surface area is 156 Å². The van der Waals surface area contributed by atoms with Crippen molar-refractivity contribution in [3.8, 4) is 5.75 Å². The molecule has 0 aliphatic carbocycles. The van der Waals surface area contributed by atoms with Crippen molar-refractivity contribution in [1.29, 1.82) is 0 Å². The summed E-state index contributed by atoms with van der Waals surface area (Å²) in [7, 11) is 0. The molecule has 0 saturated heterocycles. The Balaban J connectivity index is 2.00. The molecular weight excluding hydrogens is 385 g/mol. The van der Waals surface area contributed by atoms with E-state index in [0.29, 0.717) is 0 Å². The summed E-state index contributed by atoms with van der Waals surface area (Å²) in [6.07, 6.45) is -6.19. The highest BCUT2D eigenvalue weighted by atomic mass is 19.4. The van der Waals surface area contributed by atoms with E-state index in [2.05, 4.69) is 10.1 Å². The molecule has 2 rings (SSSR count). The molecule has 0 unspecified atom stereocenters. The zero-order valence-corrected chi connectivity index (χ0v) is 14.2. The molecule has 0 spiro atoms. The zero-order chi connectivity index (χ0) is 20.9. The normalized spacial score (nSPS) is 12.0. The second kappa shape index (κ2) is 8.37. The number of carbonyl (C=O) groups is 2. The maximum atomic E-state index is 12.1. The highest BCUT2D eigenvalue weighted by Gasteiger charge is 2.31. The lowest BCUT2D eigenvalue weighted by Crippen LogP contribution is -2.30. The smallest absolute Gasteiger partial charge is 0.449 e. The van der Waals surface area contributed by atoms with Crippen LogP contribution in [0.4, 0.5) is 24.5 Å². The summed E-state index contributed by atoms with van der Waals surface area (Å²) in [5, 5.41) is 13.2. The van der Waals surface area contributed by atoms with Gasteiger partial charge in [-0.3, -0.25) is 14.9 Å². The number of ether oxygens (including phenoxy) is 2. The van der Waals surface area contributed by atoms with Gasteiger partial charge in [0, 0.05) is 6.07 Å². The number of para-hydroxylation sites is 2. The van der Waals surface area contributed by atoms with Gasteiger partial charge in [0.25, 0.3) is 11.6 Å². The van der Waals surface area contributed by atoms with Crippen molar-refractivity contribution in [2.75, 3.05) is 5.32 Å². The Bertz CT molecular complexity index is 883. The van der Waals surface area contributed by atoms with Gasteiger partial charge in [-0.25, -0.2) is 4.79 Å². The van der Waals surface area contributed by atoms with Gasteiger partial charge in [-0.15, -0.1) is 13.2 Å². The predicted octanol–water partition coefficient (Wildman–Crippen LogP) is 3.68. The molecule has 2 aromatic carbocycles. The van der Waals surface area contributed by atoms with Crippen LogP contribution >= 0.6 is 0 Å². The summed E-state index contributed by atoms with van der Waals surface area (Å²) in [5.74, 6) is -2.31. The fraction of sp³-hybridized carbons (Fsp3) is 0.176. The standard InChI is InChI=1S/C17H13F3N2O6/c1-10(15(23)21-13-4-2-3-5-14(13)22(25)26)27-16(24)11-6-8-12(9-7-11)28-17(18,19)20/h2-10H,1H3,(H,21,23)/t10-/m0/s1. The minimum atomic E-state index is -4.87. The van der Waals surface area contributed by atoms with E-state index in [9.17, 15) is 32.9 Å². The molecule has 2 aromatic rings. The number of nitrogens with zero attached hydrogens (tertiary/aromatic N) is 1. The summed E-state index contributed by atoms with van der Waals surface area (Å²) < 4.78 is 45.0. The highest BCUT2D eigenvalue weighted by Crippen LogP contribution is 2.24. The number of anilines is 1. The number of benzene rings is 2. The number of amides is 1. The van der Waals surface area contributed by atoms with E-state index < -0.39 is 35.0 Å². The number of hydrogen-bond donors (Lipinski definition) is 1. The quantitative estimate of drug-likeness (QED) is 0.452. The van der Waals surface area contributed by atoms with Crippen LogP contribution in [-0.2, 0) is 9.53 Å². The van der Waals surface area contributed by atoms with Crippen LogP contribution in [0.3, 0.4) is 0 Å². The Hall–Kier alpha value is -3.63. The van der Waals surface area contributed by atoms with Gasteiger partial charge in [-0.1, -0.05) is 12.1 Å². The zero-order valence-electron chi connectivity index (χ0n) is 14.2. The van der Waals surface area contributed by atoms with Crippen molar-refractivity contribution in [2.24, 2.45) is 0 Å². The fourth-order valence-electron chi connectivity index (χ4n) is 2.05. The molecular formula is C17H13F3N2O6. The SMILES string of the molecule is C[C@H](OC(=O)c1ccc(OC(F)(F)F)cc1)C(=O)Nc1ccccc1[N+](=O)[O-]. The molecule has 0 heterocycles. The molecule has 11 heteroatoms. The van der Waals surface area contributed by atoms with Crippen LogP contribution in [0.15, 0.2) is 48.5 Å². The largest absolute Gasteiger partial charge is 0.573 e. The van der Waals surface area contributed by atoms with Gasteiger partial charge in [0.2, 0.25) is 0 Å². The second-order valence-corrected chi connectivity index (χ2v) is 5.38. The average Bonchev–Trinajstić information content (AvgIpc) is 2.61. The number of halogens is 3. The monoisotopic (exact) mass is 398 g/mol. The van der Waals surface area contributed by atoms with Gasteiger partial charge in [0.15, 0.2) is 6.10 Å². The van der Waals surface area contributed by atoms with E-state index in [-0.39, 0.29) is 16.9 Å². The first-order chi connectivity index (χ1) is 13.1. The third-order valence-corrected chi connectivity index (χ3v) is 3.34. The molecule has 1 N–H and O–H groups in total. The third-order valence-electron chi connectivity index (χ3n) is 3.34. The minimum Gasteiger partial charge on any atom is -0.449 e. The third kappa shape index (κ3) is 5.69. The molecule has 0 aliphatic rings. The number of alkyl halides is 3. The number of carbonyl (C=O) groups excluding carboxylic acids is 2. The topological polar surface area (TPSA) is 108 Å². The van der Waals surface area contributed by atoms with Crippen molar-refractivity contribution < 1.29 is 37.2 Å². The summed E-state index contributed by atoms with van der Waals surface area (Å²) in [4.78, 5) is 34.4. The van der Waals surface area contributed by atoms with Crippen LogP contribution in [0.1, 0.15) is 17.3 Å². The van der Waals surface area contributed by atoms with Crippen molar-refractivity contribution in [3.63, 3.8) is 0 Å². The van der Waals surface area contributed by atoms with Gasteiger partial charge in [0.05, 0.1) is 10.5 Å². The number of nitrogens with one attached hydrogen (secondary N) is 1. The van der Waals surface area contributed by atoms with Crippen LogP contribution in [0.25, 0.3) is 0 Å². The molecule has 8 nitrogen and oxygen atoms in total. The first-order valence-electron chi connectivity index (χ1n) is 7.68. The van der Waals surface area contributed by atoms with Gasteiger partial charge >= 0.3 is 12.3 Å². The highest BCUT2D eigenvalue weighted by molar-refractivity contribution is 5.98. The van der Waals surface area contributed by atoms with Crippen LogP contribution in [0.5, 0.6) is 5.75 Å². The minimum absolute atomic E-state index is 0.0750. The maximum Gasteiger partial charge on any atom is 0.573 e. The lowest BCUT2D eigenvalue weighted by Gasteiger charge is -2.14. The molecule has 28 heavy (non-hydrogen) atoms. The molecule has 0 fully saturated rings. The summed E-state index contributed by atoms with van der Waals surface area (Å²) >= 11 is 0. The van der Waals surface area contributed by atoms with Crippen LogP contribution < -0.4 is 10.1 Å². The van der Waals surface area contributed by atoms with Gasteiger partial charge in [-0.2, -0.15) is 0 Å². The Morgan fingerprint density at radius 3 is 2.29 bits per heavy atom. The van der Waals surface area contributed by atoms with E-state index in [1.165, 1.54) is 31.2 Å². The lowest BCUT2D eigenvalue weighted by atomic mass is 10.2. The molecule has 1 atom stereocenters. The van der Waals surface area contributed by atoms with E-state index >= 15 is 0 Å². The van der Waals surface area contributed by atoms with Crippen molar-refractivity contribution >= 4 is 23.3 Å². The van der Waals surface area contributed by atoms with E-state index in [0.717, 1.165) is 24.3 Å². The number of hydrogen-bond acceptors (Lipinski definition) is 6. The Kier molecular flexibility index (Phi) is 6.18. The maximum absolute atomic E-state index is 12.1. The van der Waals surface area contributed by atoms with E-state index in [4.69, 9.17) is 4.74 Å². The molecule has 0 radical (unpaired) electrons. The Morgan fingerprint density at radius 1 is 1.11 bits per heavy atom. The lowest BCUT2D eigenvalue weighted by molar-refractivity contribution is -0.383. The number of esters is 1. The first-order valence-corrected chi connectivity index (χ1v) is 7.68. The van der Waals surface area contributed by atoms with Crippen molar-refractivity contribution in [2.45, 2.75) is 19.4 Å². The van der Waals surface area contributed by atoms with Crippen LogP contribution in [0.2, 0.25) is 0 Å². The van der Waals surface area contributed by atoms with Crippen molar-refractivity contribution in [1.82, 2.24) is 0 Å². The van der Waals surface area contributed by atoms with E-state index in [1.807, 2.05) is 0 Å². The summed E-state index contributed by atoms with van der Waals surface area (Å²) in [6.45, 7) is 1.24. The summed E-state index contributed by atoms with van der Waals surface area (Å²) in [5.41, 5.74) is -0.524. The van der Waals surface area contributed by atoms with Crippen LogP contribution in [0, 0.1) is 10.1 Å². The molecule has 0 bridgehead atoms. The molecule has 1 amide bonds. The predicted molar refractivity (Wildman–Crippen MR) is 89.7 cm³/mol. The second-order valence-electron chi connectivity index (χ2n) is 5.38. The van der Waals surface area contributed by atoms with Gasteiger partial charge < -0.3 is 14.8 Å².